The lowest BCUT2D eigenvalue weighted by molar-refractivity contribution is -0.110. The molecule has 0 saturated carbocycles. The first-order chi connectivity index (χ1) is 8.33. The average molecular weight is 252 g/mol. The van der Waals surface area contributed by atoms with Gasteiger partial charge in [0.2, 0.25) is 0 Å². The Labute approximate surface area is 105 Å². The van der Waals surface area contributed by atoms with Crippen molar-refractivity contribution in [3.63, 3.8) is 0 Å². The minimum atomic E-state index is -0.815. The summed E-state index contributed by atoms with van der Waals surface area (Å²) in [5.74, 6) is -0.642. The van der Waals surface area contributed by atoms with E-state index in [0.29, 0.717) is 13.1 Å². The zero-order chi connectivity index (χ0) is 13.5. The number of aliphatic hydroxyl groups is 1. The van der Waals surface area contributed by atoms with Gasteiger partial charge in [-0.1, -0.05) is 13.8 Å². The second kappa shape index (κ2) is 4.24. The number of rotatable bonds is 2. The van der Waals surface area contributed by atoms with Crippen molar-refractivity contribution in [3.05, 3.63) is 29.6 Å². The van der Waals surface area contributed by atoms with Crippen LogP contribution >= 0.6 is 0 Å². The number of anilines is 1. The lowest BCUT2D eigenvalue weighted by Gasteiger charge is -2.49. The van der Waals surface area contributed by atoms with Gasteiger partial charge in [-0.25, -0.2) is 4.39 Å². The van der Waals surface area contributed by atoms with Gasteiger partial charge in [0.1, 0.15) is 11.4 Å². The number of β-amino-alcohol motifs (C(OH)–C–C–N with tert-alkyl or cyclic N) is 1. The Kier molecular flexibility index (Phi) is 3.02. The number of nitrogens with two attached hydrogens (primary N) is 1. The van der Waals surface area contributed by atoms with Crippen LogP contribution < -0.4 is 5.73 Å². The summed E-state index contributed by atoms with van der Waals surface area (Å²) < 4.78 is 12.9. The van der Waals surface area contributed by atoms with E-state index in [1.54, 1.807) is 0 Å². The molecule has 18 heavy (non-hydrogen) atoms. The largest absolute Gasteiger partial charge is 0.398 e. The SMILES string of the molecule is CC(C)C1(O)CN(C(=O)c2ccc(F)cc2N)C1. The molecule has 1 fully saturated rings. The first-order valence-corrected chi connectivity index (χ1v) is 5.90. The third-order valence-electron chi connectivity index (χ3n) is 3.54. The van der Waals surface area contributed by atoms with Crippen LogP contribution in [0.5, 0.6) is 0 Å². The van der Waals surface area contributed by atoms with Crippen molar-refractivity contribution in [2.45, 2.75) is 19.4 Å². The highest BCUT2D eigenvalue weighted by Crippen LogP contribution is 2.30. The maximum atomic E-state index is 12.9. The number of carbonyl (C=O) groups is 1. The van der Waals surface area contributed by atoms with Crippen LogP contribution in [0.1, 0.15) is 24.2 Å². The highest BCUT2D eigenvalue weighted by molar-refractivity contribution is 5.99. The topological polar surface area (TPSA) is 66.6 Å². The number of likely N-dealkylation sites (tertiary alicyclic amines) is 1. The second-order valence-electron chi connectivity index (χ2n) is 5.15. The molecule has 0 spiro atoms. The van der Waals surface area contributed by atoms with Gasteiger partial charge >= 0.3 is 0 Å². The smallest absolute Gasteiger partial charge is 0.256 e. The molecule has 1 heterocycles. The zero-order valence-corrected chi connectivity index (χ0v) is 10.5. The normalized spacial score (nSPS) is 17.7. The molecular formula is C13H17FN2O2. The zero-order valence-electron chi connectivity index (χ0n) is 10.5. The summed E-state index contributed by atoms with van der Waals surface area (Å²) in [6, 6.07) is 3.71. The number of carbonyl (C=O) groups excluding carboxylic acids is 1. The van der Waals surface area contributed by atoms with Crippen LogP contribution in [0.3, 0.4) is 0 Å². The Morgan fingerprint density at radius 2 is 2.11 bits per heavy atom. The summed E-state index contributed by atoms with van der Waals surface area (Å²) in [7, 11) is 0. The van der Waals surface area contributed by atoms with Gasteiger partial charge < -0.3 is 15.7 Å². The van der Waals surface area contributed by atoms with Crippen molar-refractivity contribution in [1.29, 1.82) is 0 Å². The monoisotopic (exact) mass is 252 g/mol. The van der Waals surface area contributed by atoms with E-state index in [1.165, 1.54) is 17.0 Å². The van der Waals surface area contributed by atoms with E-state index < -0.39 is 11.4 Å². The number of benzene rings is 1. The minimum Gasteiger partial charge on any atom is -0.398 e. The molecule has 98 valence electrons. The number of nitrogens with zero attached hydrogens (tertiary/aromatic N) is 1. The van der Waals surface area contributed by atoms with Crippen LogP contribution in [0, 0.1) is 11.7 Å². The molecule has 1 aromatic rings. The summed E-state index contributed by atoms with van der Waals surface area (Å²) in [4.78, 5) is 13.6. The summed E-state index contributed by atoms with van der Waals surface area (Å²) in [5.41, 5.74) is 5.21. The molecular weight excluding hydrogens is 235 g/mol. The molecule has 2 rings (SSSR count). The van der Waals surface area contributed by atoms with Crippen LogP contribution in [-0.2, 0) is 0 Å². The van der Waals surface area contributed by atoms with Crippen molar-refractivity contribution < 1.29 is 14.3 Å². The maximum Gasteiger partial charge on any atom is 0.256 e. The summed E-state index contributed by atoms with van der Waals surface area (Å²) in [6.07, 6.45) is 0. The van der Waals surface area contributed by atoms with E-state index in [1.807, 2.05) is 13.8 Å². The van der Waals surface area contributed by atoms with Crippen molar-refractivity contribution in [3.8, 4) is 0 Å². The third-order valence-corrected chi connectivity index (χ3v) is 3.54. The number of amides is 1. The fraction of sp³-hybridized carbons (Fsp3) is 0.462. The molecule has 0 aliphatic carbocycles. The Morgan fingerprint density at radius 3 is 2.61 bits per heavy atom. The van der Waals surface area contributed by atoms with Crippen LogP contribution in [0.4, 0.5) is 10.1 Å². The molecule has 0 radical (unpaired) electrons. The van der Waals surface area contributed by atoms with Crippen LogP contribution in [0.25, 0.3) is 0 Å². The van der Waals surface area contributed by atoms with Gasteiger partial charge in [0.05, 0.1) is 18.7 Å². The molecule has 1 saturated heterocycles. The molecule has 1 amide bonds. The highest BCUT2D eigenvalue weighted by Gasteiger charge is 2.46. The lowest BCUT2D eigenvalue weighted by Crippen LogP contribution is -2.66. The van der Waals surface area contributed by atoms with Crippen molar-refractivity contribution in [2.75, 3.05) is 18.8 Å². The van der Waals surface area contributed by atoms with E-state index in [0.717, 1.165) is 6.07 Å². The molecule has 4 nitrogen and oxygen atoms in total. The molecule has 1 aliphatic rings. The summed E-state index contributed by atoms with van der Waals surface area (Å²) in [5, 5.41) is 10.1. The average Bonchev–Trinajstić information content (AvgIpc) is 2.23. The number of hydrogen-bond donors (Lipinski definition) is 2. The van der Waals surface area contributed by atoms with Crippen LogP contribution in [0.2, 0.25) is 0 Å². The molecule has 3 N–H and O–H groups in total. The van der Waals surface area contributed by atoms with E-state index in [9.17, 15) is 14.3 Å². The predicted molar refractivity (Wildman–Crippen MR) is 66.5 cm³/mol. The first kappa shape index (κ1) is 12.8. The van der Waals surface area contributed by atoms with E-state index in [-0.39, 0.29) is 23.1 Å². The third kappa shape index (κ3) is 2.06. The molecule has 1 aromatic carbocycles. The summed E-state index contributed by atoms with van der Waals surface area (Å²) in [6.45, 7) is 4.41. The number of halogens is 1. The Morgan fingerprint density at radius 1 is 1.50 bits per heavy atom. The molecule has 0 bridgehead atoms. The quantitative estimate of drug-likeness (QED) is 0.778. The molecule has 5 heteroatoms. The number of nitrogen functional groups attached to an aromatic ring is 1. The second-order valence-corrected chi connectivity index (χ2v) is 5.15. The predicted octanol–water partition coefficient (Wildman–Crippen LogP) is 1.25. The summed E-state index contributed by atoms with van der Waals surface area (Å²) >= 11 is 0. The van der Waals surface area contributed by atoms with Gasteiger partial charge in [-0.3, -0.25) is 4.79 Å². The molecule has 0 unspecified atom stereocenters. The van der Waals surface area contributed by atoms with Gasteiger partial charge in [0.25, 0.3) is 5.91 Å². The van der Waals surface area contributed by atoms with E-state index in [4.69, 9.17) is 5.73 Å². The maximum absolute atomic E-state index is 12.9. The van der Waals surface area contributed by atoms with E-state index >= 15 is 0 Å². The van der Waals surface area contributed by atoms with Gasteiger partial charge in [-0.15, -0.1) is 0 Å². The standard InChI is InChI=1S/C13H17FN2O2/c1-8(2)13(18)6-16(7-13)12(17)10-4-3-9(14)5-11(10)15/h3-5,8,18H,6-7,15H2,1-2H3. The fourth-order valence-corrected chi connectivity index (χ4v) is 2.02. The molecule has 1 aliphatic heterocycles. The van der Waals surface area contributed by atoms with Crippen LogP contribution in [-0.4, -0.2) is 34.6 Å². The van der Waals surface area contributed by atoms with Crippen LogP contribution in [0.15, 0.2) is 18.2 Å². The van der Waals surface area contributed by atoms with Crippen molar-refractivity contribution in [1.82, 2.24) is 4.90 Å². The Balaban J connectivity index is 2.11. The van der Waals surface area contributed by atoms with Gasteiger partial charge in [-0.2, -0.15) is 0 Å². The number of hydrogen-bond acceptors (Lipinski definition) is 3. The highest BCUT2D eigenvalue weighted by atomic mass is 19.1. The van der Waals surface area contributed by atoms with Gasteiger partial charge in [0.15, 0.2) is 0 Å². The van der Waals surface area contributed by atoms with Crippen molar-refractivity contribution in [2.24, 2.45) is 5.92 Å². The minimum absolute atomic E-state index is 0.0899. The first-order valence-electron chi connectivity index (χ1n) is 5.90. The van der Waals surface area contributed by atoms with Crippen molar-refractivity contribution >= 4 is 11.6 Å². The Hall–Kier alpha value is -1.62. The van der Waals surface area contributed by atoms with E-state index in [2.05, 4.69) is 0 Å². The fourth-order valence-electron chi connectivity index (χ4n) is 2.02. The lowest BCUT2D eigenvalue weighted by atomic mass is 9.82. The Bertz CT molecular complexity index is 482. The van der Waals surface area contributed by atoms with Gasteiger partial charge in [0, 0.05) is 5.69 Å². The molecule has 0 aromatic heterocycles. The van der Waals surface area contributed by atoms with Gasteiger partial charge in [-0.05, 0) is 24.1 Å². The molecule has 0 atom stereocenters.